The number of rotatable bonds is 4. The van der Waals surface area contributed by atoms with Crippen LogP contribution in [-0.2, 0) is 9.59 Å². The van der Waals surface area contributed by atoms with Gasteiger partial charge in [-0.05, 0) is 30.3 Å². The molecule has 3 rings (SSSR count). The Hall–Kier alpha value is -3.09. The van der Waals surface area contributed by atoms with Gasteiger partial charge in [0, 0.05) is 5.69 Å². The molecule has 0 saturated carbocycles. The molecule has 0 atom stereocenters. The fourth-order valence-corrected chi connectivity index (χ4v) is 2.06. The zero-order valence-electron chi connectivity index (χ0n) is 12.0. The van der Waals surface area contributed by atoms with E-state index in [0.717, 1.165) is 0 Å². The van der Waals surface area contributed by atoms with E-state index in [1.165, 1.54) is 18.2 Å². The largest absolute Gasteiger partial charge is 0.482 e. The summed E-state index contributed by atoms with van der Waals surface area (Å²) >= 11 is 0. The van der Waals surface area contributed by atoms with E-state index < -0.39 is 11.7 Å². The van der Waals surface area contributed by atoms with Crippen molar-refractivity contribution in [3.63, 3.8) is 0 Å². The Morgan fingerprint density at radius 3 is 2.96 bits per heavy atom. The van der Waals surface area contributed by atoms with Gasteiger partial charge in [0.15, 0.2) is 24.8 Å². The predicted octanol–water partition coefficient (Wildman–Crippen LogP) is 2.17. The van der Waals surface area contributed by atoms with Gasteiger partial charge in [-0.2, -0.15) is 0 Å². The number of hydrogen-bond donors (Lipinski definition) is 2. The maximum Gasteiger partial charge on any atom is 0.262 e. The van der Waals surface area contributed by atoms with Gasteiger partial charge in [0.25, 0.3) is 11.8 Å². The van der Waals surface area contributed by atoms with E-state index in [0.29, 0.717) is 17.1 Å². The van der Waals surface area contributed by atoms with Crippen molar-refractivity contribution in [2.75, 3.05) is 23.8 Å². The molecule has 0 aromatic heterocycles. The van der Waals surface area contributed by atoms with Crippen LogP contribution in [0, 0.1) is 5.82 Å². The minimum Gasteiger partial charge on any atom is -0.482 e. The molecular formula is C16H13FN2O4. The summed E-state index contributed by atoms with van der Waals surface area (Å²) in [6.07, 6.45) is 0. The predicted molar refractivity (Wildman–Crippen MR) is 81.1 cm³/mol. The lowest BCUT2D eigenvalue weighted by Gasteiger charge is -2.18. The van der Waals surface area contributed by atoms with E-state index in [1.807, 2.05) is 0 Å². The van der Waals surface area contributed by atoms with Crippen LogP contribution in [0.15, 0.2) is 42.5 Å². The molecule has 2 aromatic rings. The number of ether oxygens (including phenoxy) is 2. The normalized spacial score (nSPS) is 12.7. The third kappa shape index (κ3) is 3.57. The number of anilines is 2. The Morgan fingerprint density at radius 2 is 2.13 bits per heavy atom. The van der Waals surface area contributed by atoms with E-state index in [9.17, 15) is 14.0 Å². The minimum atomic E-state index is -0.533. The Bertz CT molecular complexity index is 763. The molecule has 23 heavy (non-hydrogen) atoms. The first-order valence-corrected chi connectivity index (χ1v) is 6.86. The Labute approximate surface area is 131 Å². The molecule has 1 heterocycles. The highest BCUT2D eigenvalue weighted by Gasteiger charge is 2.16. The van der Waals surface area contributed by atoms with Crippen LogP contribution in [0.2, 0.25) is 0 Å². The Balaban J connectivity index is 1.61. The van der Waals surface area contributed by atoms with Crippen LogP contribution in [0.1, 0.15) is 0 Å². The molecule has 2 aromatic carbocycles. The van der Waals surface area contributed by atoms with Crippen LogP contribution < -0.4 is 20.1 Å². The van der Waals surface area contributed by atoms with Crippen molar-refractivity contribution in [3.8, 4) is 11.5 Å². The summed E-state index contributed by atoms with van der Waals surface area (Å²) in [5.41, 5.74) is 0.950. The number of amides is 2. The lowest BCUT2D eigenvalue weighted by molar-refractivity contribution is -0.119. The second-order valence-corrected chi connectivity index (χ2v) is 4.82. The van der Waals surface area contributed by atoms with E-state index in [1.54, 1.807) is 24.3 Å². The highest BCUT2D eigenvalue weighted by atomic mass is 19.1. The average Bonchev–Trinajstić information content (AvgIpc) is 2.54. The topological polar surface area (TPSA) is 76.7 Å². The number of hydrogen-bond acceptors (Lipinski definition) is 4. The van der Waals surface area contributed by atoms with Gasteiger partial charge < -0.3 is 20.1 Å². The van der Waals surface area contributed by atoms with E-state index in [4.69, 9.17) is 9.47 Å². The fourth-order valence-electron chi connectivity index (χ4n) is 2.06. The smallest absolute Gasteiger partial charge is 0.262 e. The van der Waals surface area contributed by atoms with Crippen LogP contribution >= 0.6 is 0 Å². The summed E-state index contributed by atoms with van der Waals surface area (Å²) in [5.74, 6) is -0.701. The molecule has 0 spiro atoms. The molecular weight excluding hydrogens is 303 g/mol. The lowest BCUT2D eigenvalue weighted by Crippen LogP contribution is -2.25. The van der Waals surface area contributed by atoms with Crippen molar-refractivity contribution in [1.29, 1.82) is 0 Å². The number of halogens is 1. The molecule has 0 bridgehead atoms. The summed E-state index contributed by atoms with van der Waals surface area (Å²) in [5, 5.41) is 5.25. The van der Waals surface area contributed by atoms with Gasteiger partial charge in [0.2, 0.25) is 0 Å². The number of carbonyl (C=O) groups is 2. The van der Waals surface area contributed by atoms with Gasteiger partial charge in [-0.25, -0.2) is 4.39 Å². The third-order valence-corrected chi connectivity index (χ3v) is 3.09. The van der Waals surface area contributed by atoms with Crippen molar-refractivity contribution in [2.45, 2.75) is 0 Å². The highest BCUT2D eigenvalue weighted by Crippen LogP contribution is 2.30. The molecule has 0 fully saturated rings. The SMILES string of the molecule is O=C(COc1ccccc1F)Nc1ccc2c(c1)NC(=O)CO2. The van der Waals surface area contributed by atoms with Gasteiger partial charge in [-0.1, -0.05) is 12.1 Å². The van der Waals surface area contributed by atoms with Crippen molar-refractivity contribution in [1.82, 2.24) is 0 Å². The van der Waals surface area contributed by atoms with Gasteiger partial charge in [0.05, 0.1) is 5.69 Å². The van der Waals surface area contributed by atoms with E-state index >= 15 is 0 Å². The average molecular weight is 316 g/mol. The maximum absolute atomic E-state index is 13.4. The van der Waals surface area contributed by atoms with Crippen LogP contribution in [0.3, 0.4) is 0 Å². The quantitative estimate of drug-likeness (QED) is 0.906. The Morgan fingerprint density at radius 1 is 1.30 bits per heavy atom. The first-order chi connectivity index (χ1) is 11.1. The molecule has 0 aliphatic carbocycles. The molecule has 6 nitrogen and oxygen atoms in total. The van der Waals surface area contributed by atoms with Gasteiger partial charge in [-0.3, -0.25) is 9.59 Å². The number of benzene rings is 2. The van der Waals surface area contributed by atoms with Gasteiger partial charge in [0.1, 0.15) is 5.75 Å². The monoisotopic (exact) mass is 316 g/mol. The standard InChI is InChI=1S/C16H13FN2O4/c17-11-3-1-2-4-13(11)22-8-15(20)18-10-5-6-14-12(7-10)19-16(21)9-23-14/h1-7H,8-9H2,(H,18,20)(H,19,21). The van der Waals surface area contributed by atoms with Crippen LogP contribution in [0.5, 0.6) is 11.5 Å². The second-order valence-electron chi connectivity index (χ2n) is 4.82. The highest BCUT2D eigenvalue weighted by molar-refractivity contribution is 5.97. The molecule has 7 heteroatoms. The second kappa shape index (κ2) is 6.35. The first kappa shape index (κ1) is 14.8. The zero-order chi connectivity index (χ0) is 16.2. The fraction of sp³-hybridized carbons (Fsp3) is 0.125. The van der Waals surface area contributed by atoms with Crippen LogP contribution in [0.4, 0.5) is 15.8 Å². The number of nitrogens with one attached hydrogen (secondary N) is 2. The minimum absolute atomic E-state index is 0.00811. The summed E-state index contributed by atoms with van der Waals surface area (Å²) in [6, 6.07) is 10.7. The lowest BCUT2D eigenvalue weighted by atomic mass is 10.2. The van der Waals surface area contributed by atoms with Crippen molar-refractivity contribution < 1.29 is 23.5 Å². The van der Waals surface area contributed by atoms with Crippen molar-refractivity contribution in [2.24, 2.45) is 0 Å². The molecule has 1 aliphatic heterocycles. The van der Waals surface area contributed by atoms with Crippen molar-refractivity contribution in [3.05, 3.63) is 48.3 Å². The summed E-state index contributed by atoms with van der Waals surface area (Å²) in [7, 11) is 0. The molecule has 2 amide bonds. The van der Waals surface area contributed by atoms with Crippen LogP contribution in [-0.4, -0.2) is 25.0 Å². The molecule has 0 unspecified atom stereocenters. The first-order valence-electron chi connectivity index (χ1n) is 6.86. The number of carbonyl (C=O) groups excluding carboxylic acids is 2. The number of fused-ring (bicyclic) bond motifs is 1. The maximum atomic E-state index is 13.4. The third-order valence-electron chi connectivity index (χ3n) is 3.09. The van der Waals surface area contributed by atoms with Crippen molar-refractivity contribution >= 4 is 23.2 Å². The number of para-hydroxylation sites is 1. The molecule has 118 valence electrons. The molecule has 0 saturated heterocycles. The Kier molecular flexibility index (Phi) is 4.09. The summed E-state index contributed by atoms with van der Waals surface area (Å²) in [4.78, 5) is 23.1. The van der Waals surface area contributed by atoms with Crippen LogP contribution in [0.25, 0.3) is 0 Å². The molecule has 1 aliphatic rings. The summed E-state index contributed by atoms with van der Waals surface area (Å²) in [6.45, 7) is -0.365. The molecule has 0 radical (unpaired) electrons. The van der Waals surface area contributed by atoms with Gasteiger partial charge in [-0.15, -0.1) is 0 Å². The molecule has 2 N–H and O–H groups in total. The van der Waals surface area contributed by atoms with E-state index in [-0.39, 0.29) is 24.9 Å². The van der Waals surface area contributed by atoms with Gasteiger partial charge >= 0.3 is 0 Å². The zero-order valence-corrected chi connectivity index (χ0v) is 12.0. The van der Waals surface area contributed by atoms with E-state index in [2.05, 4.69) is 10.6 Å². The summed E-state index contributed by atoms with van der Waals surface area (Å²) < 4.78 is 23.7.